The van der Waals surface area contributed by atoms with Gasteiger partial charge in [-0.2, -0.15) is 0 Å². The second kappa shape index (κ2) is 4.50. The van der Waals surface area contributed by atoms with E-state index in [9.17, 15) is 0 Å². The summed E-state index contributed by atoms with van der Waals surface area (Å²) in [6, 6.07) is 6.30. The standard InChI is InChI=1S/C11H16N3OP/c1-14(16)10-6-5-7-8(10)3-2-4-9(7)11(12)13-15/h2-4,10,15H,5-6,16H2,1H3,(H2,12,13)/t10-/m1/s1. The van der Waals surface area contributed by atoms with Crippen molar-refractivity contribution in [2.75, 3.05) is 7.05 Å². The highest BCUT2D eigenvalue weighted by Crippen LogP contribution is 2.37. The Morgan fingerprint density at radius 2 is 2.38 bits per heavy atom. The van der Waals surface area contributed by atoms with Crippen LogP contribution in [0.5, 0.6) is 0 Å². The van der Waals surface area contributed by atoms with E-state index in [0.29, 0.717) is 6.04 Å². The number of fused-ring (bicyclic) bond motifs is 1. The first-order valence-electron chi connectivity index (χ1n) is 5.23. The molecule has 0 spiro atoms. The first kappa shape index (κ1) is 11.5. The van der Waals surface area contributed by atoms with Crippen molar-refractivity contribution >= 4 is 15.2 Å². The average molecular weight is 237 g/mol. The summed E-state index contributed by atoms with van der Waals surface area (Å²) < 4.78 is 2.12. The fourth-order valence-electron chi connectivity index (χ4n) is 2.35. The number of hydrogen-bond acceptors (Lipinski definition) is 3. The lowest BCUT2D eigenvalue weighted by Crippen LogP contribution is -2.20. The Labute approximate surface area is 97.4 Å². The molecule has 1 aliphatic rings. The SMILES string of the molecule is CN(P)[C@@H]1CCc2c(C(=N)NO)cccc21. The zero-order valence-corrected chi connectivity index (χ0v) is 10.4. The first-order valence-corrected chi connectivity index (χ1v) is 5.75. The number of amidine groups is 1. The van der Waals surface area contributed by atoms with Crippen LogP contribution in [0.4, 0.5) is 0 Å². The van der Waals surface area contributed by atoms with Crippen molar-refractivity contribution in [3.63, 3.8) is 0 Å². The van der Waals surface area contributed by atoms with Crippen LogP contribution in [0.3, 0.4) is 0 Å². The third-order valence-electron chi connectivity index (χ3n) is 3.11. The van der Waals surface area contributed by atoms with Gasteiger partial charge in [0.05, 0.1) is 0 Å². The lowest BCUT2D eigenvalue weighted by molar-refractivity contribution is 0.234. The van der Waals surface area contributed by atoms with Crippen molar-refractivity contribution < 1.29 is 5.21 Å². The summed E-state index contributed by atoms with van der Waals surface area (Å²) in [5.74, 6) is 0.0731. The van der Waals surface area contributed by atoms with E-state index in [2.05, 4.69) is 20.1 Å². The maximum Gasteiger partial charge on any atom is 0.149 e. The van der Waals surface area contributed by atoms with Crippen LogP contribution >= 0.6 is 9.39 Å². The Hall–Kier alpha value is -0.960. The fourth-order valence-corrected chi connectivity index (χ4v) is 2.66. The van der Waals surface area contributed by atoms with Gasteiger partial charge in [-0.1, -0.05) is 27.6 Å². The van der Waals surface area contributed by atoms with Gasteiger partial charge in [0, 0.05) is 11.6 Å². The smallest absolute Gasteiger partial charge is 0.149 e. The molecule has 2 rings (SSSR count). The van der Waals surface area contributed by atoms with E-state index in [1.165, 1.54) is 11.1 Å². The van der Waals surface area contributed by atoms with E-state index in [1.807, 2.05) is 24.7 Å². The highest BCUT2D eigenvalue weighted by molar-refractivity contribution is 7.13. The summed E-state index contributed by atoms with van der Waals surface area (Å²) >= 11 is 0. The van der Waals surface area contributed by atoms with Crippen molar-refractivity contribution in [3.8, 4) is 0 Å². The van der Waals surface area contributed by atoms with Gasteiger partial charge >= 0.3 is 0 Å². The molecular weight excluding hydrogens is 221 g/mol. The Morgan fingerprint density at radius 1 is 1.62 bits per heavy atom. The molecule has 0 saturated heterocycles. The maximum absolute atomic E-state index is 8.81. The molecule has 3 N–H and O–H groups in total. The summed E-state index contributed by atoms with van der Waals surface area (Å²) in [5.41, 5.74) is 5.15. The minimum atomic E-state index is 0.0731. The summed E-state index contributed by atoms with van der Waals surface area (Å²) in [7, 11) is 4.72. The van der Waals surface area contributed by atoms with Crippen LogP contribution in [0.15, 0.2) is 18.2 Å². The van der Waals surface area contributed by atoms with E-state index < -0.39 is 0 Å². The van der Waals surface area contributed by atoms with Crippen LogP contribution in [0.25, 0.3) is 0 Å². The predicted molar refractivity (Wildman–Crippen MR) is 66.7 cm³/mol. The van der Waals surface area contributed by atoms with Crippen LogP contribution < -0.4 is 5.48 Å². The molecule has 16 heavy (non-hydrogen) atoms. The molecule has 0 amide bonds. The molecule has 0 bridgehead atoms. The van der Waals surface area contributed by atoms with E-state index in [4.69, 9.17) is 10.6 Å². The second-order valence-corrected chi connectivity index (χ2v) is 4.89. The quantitative estimate of drug-likeness (QED) is 0.317. The Balaban J connectivity index is 2.44. The number of hydroxylamine groups is 1. The van der Waals surface area contributed by atoms with Crippen molar-refractivity contribution in [3.05, 3.63) is 34.9 Å². The van der Waals surface area contributed by atoms with Gasteiger partial charge in [0.25, 0.3) is 0 Å². The van der Waals surface area contributed by atoms with Crippen molar-refractivity contribution in [1.82, 2.24) is 10.2 Å². The molecule has 0 heterocycles. The normalized spacial score (nSPS) is 18.6. The Bertz CT molecular complexity index is 420. The number of nitrogens with zero attached hydrogens (tertiary/aromatic N) is 1. The molecule has 0 saturated carbocycles. The molecule has 1 aliphatic carbocycles. The van der Waals surface area contributed by atoms with E-state index in [1.54, 1.807) is 0 Å². The summed E-state index contributed by atoms with van der Waals surface area (Å²) in [6.07, 6.45) is 2.02. The van der Waals surface area contributed by atoms with E-state index >= 15 is 0 Å². The van der Waals surface area contributed by atoms with E-state index in [-0.39, 0.29) is 5.84 Å². The molecule has 5 heteroatoms. The lowest BCUT2D eigenvalue weighted by Gasteiger charge is -2.20. The minimum Gasteiger partial charge on any atom is -0.290 e. The summed E-state index contributed by atoms with van der Waals surface area (Å²) in [5, 5.41) is 16.4. The number of hydrogen-bond donors (Lipinski definition) is 3. The van der Waals surface area contributed by atoms with Crippen molar-refractivity contribution in [2.45, 2.75) is 18.9 Å². The highest BCUT2D eigenvalue weighted by Gasteiger charge is 2.26. The molecule has 2 atom stereocenters. The van der Waals surface area contributed by atoms with Gasteiger partial charge in [0.1, 0.15) is 5.84 Å². The second-order valence-electron chi connectivity index (χ2n) is 4.08. The average Bonchev–Trinajstić information content (AvgIpc) is 2.71. The monoisotopic (exact) mass is 237 g/mol. The molecule has 1 aromatic rings. The van der Waals surface area contributed by atoms with Crippen LogP contribution in [0, 0.1) is 5.41 Å². The van der Waals surface area contributed by atoms with Crippen LogP contribution in [-0.2, 0) is 6.42 Å². The van der Waals surface area contributed by atoms with E-state index in [0.717, 1.165) is 18.4 Å². The van der Waals surface area contributed by atoms with Crippen LogP contribution in [-0.4, -0.2) is 22.8 Å². The molecule has 86 valence electrons. The molecule has 0 fully saturated rings. The topological polar surface area (TPSA) is 59.4 Å². The fraction of sp³-hybridized carbons (Fsp3) is 0.364. The van der Waals surface area contributed by atoms with Gasteiger partial charge in [-0.05, 0) is 31.0 Å². The maximum atomic E-state index is 8.81. The third-order valence-corrected chi connectivity index (χ3v) is 3.47. The largest absolute Gasteiger partial charge is 0.290 e. The van der Waals surface area contributed by atoms with Crippen LogP contribution in [0.1, 0.15) is 29.2 Å². The summed E-state index contributed by atoms with van der Waals surface area (Å²) in [4.78, 5) is 0. The summed E-state index contributed by atoms with van der Waals surface area (Å²) in [6.45, 7) is 0. The zero-order chi connectivity index (χ0) is 11.7. The molecule has 0 radical (unpaired) electrons. The number of nitrogens with one attached hydrogen (secondary N) is 2. The van der Waals surface area contributed by atoms with Gasteiger partial charge in [-0.15, -0.1) is 0 Å². The first-order chi connectivity index (χ1) is 7.65. The van der Waals surface area contributed by atoms with Crippen LogP contribution in [0.2, 0.25) is 0 Å². The van der Waals surface area contributed by atoms with Crippen molar-refractivity contribution in [2.24, 2.45) is 0 Å². The molecule has 0 aromatic heterocycles. The molecule has 0 aliphatic heterocycles. The van der Waals surface area contributed by atoms with Gasteiger partial charge in [0.2, 0.25) is 0 Å². The molecule has 4 nitrogen and oxygen atoms in total. The molecular formula is C11H16N3OP. The predicted octanol–water partition coefficient (Wildman–Crippen LogP) is 1.70. The highest BCUT2D eigenvalue weighted by atomic mass is 31.0. The van der Waals surface area contributed by atoms with Gasteiger partial charge in [-0.25, -0.2) is 0 Å². The van der Waals surface area contributed by atoms with Gasteiger partial charge in [0.15, 0.2) is 0 Å². The zero-order valence-electron chi connectivity index (χ0n) is 9.20. The Kier molecular flexibility index (Phi) is 3.24. The molecule has 1 unspecified atom stereocenters. The number of benzene rings is 1. The third kappa shape index (κ3) is 1.84. The lowest BCUT2D eigenvalue weighted by atomic mass is 10.0. The van der Waals surface area contributed by atoms with Crippen molar-refractivity contribution in [1.29, 1.82) is 5.41 Å². The Morgan fingerprint density at radius 3 is 3.00 bits per heavy atom. The van der Waals surface area contributed by atoms with Gasteiger partial charge in [-0.3, -0.25) is 20.8 Å². The number of rotatable bonds is 2. The van der Waals surface area contributed by atoms with Gasteiger partial charge < -0.3 is 0 Å². The minimum absolute atomic E-state index is 0.0731. The molecule has 1 aromatic carbocycles.